The van der Waals surface area contributed by atoms with Crippen LogP contribution in [0.15, 0.2) is 24.5 Å². The molecule has 1 aromatic heterocycles. The zero-order chi connectivity index (χ0) is 9.90. The molecule has 72 valence electrons. The number of pyridine rings is 1. The maximum atomic E-state index is 11.4. The lowest BCUT2D eigenvalue weighted by Gasteiger charge is -2.10. The summed E-state index contributed by atoms with van der Waals surface area (Å²) in [6.45, 7) is 1.63. The van der Waals surface area contributed by atoms with Crippen molar-refractivity contribution in [1.29, 1.82) is 0 Å². The van der Waals surface area contributed by atoms with Gasteiger partial charge < -0.3 is 0 Å². The van der Waals surface area contributed by atoms with E-state index in [4.69, 9.17) is 0 Å². The minimum atomic E-state index is -3.24. The summed E-state index contributed by atoms with van der Waals surface area (Å²) >= 11 is 0. The van der Waals surface area contributed by atoms with Crippen molar-refractivity contribution in [3.8, 4) is 0 Å². The summed E-state index contributed by atoms with van der Waals surface area (Å²) in [6, 6.07) is 3.46. The van der Waals surface area contributed by atoms with Gasteiger partial charge in [0.25, 0.3) is 0 Å². The Kier molecular flexibility index (Phi) is 3.00. The van der Waals surface area contributed by atoms with Gasteiger partial charge in [0.05, 0.1) is 5.25 Å². The molecule has 13 heavy (non-hydrogen) atoms. The molecule has 0 aliphatic heterocycles. The summed E-state index contributed by atoms with van der Waals surface area (Å²) in [5, 5.41) is -0.564. The Morgan fingerprint density at radius 3 is 2.69 bits per heavy atom. The molecule has 0 bridgehead atoms. The summed E-state index contributed by atoms with van der Waals surface area (Å²) in [4.78, 5) is 3.86. The standard InChI is InChI=1S/C8H12N2O2S/c1-7(13(11,12)9-2)8-4-3-5-10-6-8/h3-7,9H,1-2H3. The van der Waals surface area contributed by atoms with Crippen LogP contribution in [0.25, 0.3) is 0 Å². The van der Waals surface area contributed by atoms with E-state index in [9.17, 15) is 8.42 Å². The van der Waals surface area contributed by atoms with E-state index in [2.05, 4.69) is 9.71 Å². The first kappa shape index (κ1) is 10.1. The molecule has 0 amide bonds. The van der Waals surface area contributed by atoms with Gasteiger partial charge in [0.2, 0.25) is 10.0 Å². The number of rotatable bonds is 3. The second kappa shape index (κ2) is 3.85. The van der Waals surface area contributed by atoms with Gasteiger partial charge in [-0.05, 0) is 25.6 Å². The highest BCUT2D eigenvalue weighted by Gasteiger charge is 2.19. The van der Waals surface area contributed by atoms with Crippen LogP contribution >= 0.6 is 0 Å². The molecule has 1 aromatic rings. The van der Waals surface area contributed by atoms with E-state index in [-0.39, 0.29) is 0 Å². The second-order valence-electron chi connectivity index (χ2n) is 2.68. The van der Waals surface area contributed by atoms with Crippen molar-refractivity contribution in [2.45, 2.75) is 12.2 Å². The predicted octanol–water partition coefficient (Wildman–Crippen LogP) is 0.692. The first-order valence-electron chi connectivity index (χ1n) is 3.90. The normalized spacial score (nSPS) is 14.0. The number of sulfonamides is 1. The molecule has 1 rings (SSSR count). The summed E-state index contributed by atoms with van der Waals surface area (Å²) < 4.78 is 25.0. The first-order valence-corrected chi connectivity index (χ1v) is 5.45. The fourth-order valence-corrected chi connectivity index (χ4v) is 1.82. The molecule has 0 aliphatic carbocycles. The van der Waals surface area contributed by atoms with Crippen LogP contribution in [0, 0.1) is 0 Å². The number of hydrogen-bond acceptors (Lipinski definition) is 3. The predicted molar refractivity (Wildman–Crippen MR) is 50.6 cm³/mol. The second-order valence-corrected chi connectivity index (χ2v) is 4.88. The zero-order valence-electron chi connectivity index (χ0n) is 7.56. The molecule has 1 N–H and O–H groups in total. The van der Waals surface area contributed by atoms with E-state index in [1.165, 1.54) is 7.05 Å². The van der Waals surface area contributed by atoms with Crippen molar-refractivity contribution >= 4 is 10.0 Å². The van der Waals surface area contributed by atoms with Gasteiger partial charge in [0, 0.05) is 12.4 Å². The van der Waals surface area contributed by atoms with E-state index >= 15 is 0 Å². The van der Waals surface area contributed by atoms with Crippen molar-refractivity contribution in [3.63, 3.8) is 0 Å². The van der Waals surface area contributed by atoms with Gasteiger partial charge in [-0.3, -0.25) is 4.98 Å². The minimum Gasteiger partial charge on any atom is -0.264 e. The molecule has 0 fully saturated rings. The largest absolute Gasteiger partial charge is 0.264 e. The van der Waals surface area contributed by atoms with Crippen molar-refractivity contribution in [2.75, 3.05) is 7.05 Å². The maximum Gasteiger partial charge on any atom is 0.218 e. The smallest absolute Gasteiger partial charge is 0.218 e. The first-order chi connectivity index (χ1) is 6.08. The number of hydrogen-bond donors (Lipinski definition) is 1. The molecular formula is C8H12N2O2S. The Labute approximate surface area is 78.1 Å². The zero-order valence-corrected chi connectivity index (χ0v) is 8.38. The summed E-state index contributed by atoms with van der Waals surface area (Å²) in [5.74, 6) is 0. The average molecular weight is 200 g/mol. The Morgan fingerprint density at radius 1 is 1.54 bits per heavy atom. The number of nitrogens with zero attached hydrogens (tertiary/aromatic N) is 1. The average Bonchev–Trinajstić information content (AvgIpc) is 2.18. The van der Waals surface area contributed by atoms with E-state index in [0.29, 0.717) is 5.56 Å². The summed E-state index contributed by atoms with van der Waals surface area (Å²) in [7, 11) is -1.84. The van der Waals surface area contributed by atoms with Crippen molar-refractivity contribution < 1.29 is 8.42 Å². The Bertz CT molecular complexity index is 361. The molecule has 4 nitrogen and oxygen atoms in total. The topological polar surface area (TPSA) is 59.1 Å². The van der Waals surface area contributed by atoms with Gasteiger partial charge in [-0.25, -0.2) is 13.1 Å². The molecule has 0 aliphatic rings. The lowest BCUT2D eigenvalue weighted by atomic mass is 10.2. The fraction of sp³-hybridized carbons (Fsp3) is 0.375. The van der Waals surface area contributed by atoms with Gasteiger partial charge in [-0.2, -0.15) is 0 Å². The lowest BCUT2D eigenvalue weighted by molar-refractivity contribution is 0.578. The van der Waals surface area contributed by atoms with Crippen molar-refractivity contribution in [1.82, 2.24) is 9.71 Å². The van der Waals surface area contributed by atoms with Crippen molar-refractivity contribution in [3.05, 3.63) is 30.1 Å². The highest BCUT2D eigenvalue weighted by molar-refractivity contribution is 7.89. The molecule has 1 atom stereocenters. The number of nitrogens with one attached hydrogen (secondary N) is 1. The fourth-order valence-electron chi connectivity index (χ4n) is 0.972. The molecular weight excluding hydrogens is 188 g/mol. The number of aromatic nitrogens is 1. The molecule has 1 unspecified atom stereocenters. The quantitative estimate of drug-likeness (QED) is 0.781. The Balaban J connectivity index is 2.99. The summed E-state index contributed by atoms with van der Waals surface area (Å²) in [6.07, 6.45) is 3.17. The van der Waals surface area contributed by atoms with E-state index in [0.717, 1.165) is 0 Å². The van der Waals surface area contributed by atoms with Gasteiger partial charge in [0.1, 0.15) is 0 Å². The third-order valence-corrected chi connectivity index (χ3v) is 3.68. The molecule has 1 heterocycles. The van der Waals surface area contributed by atoms with Gasteiger partial charge >= 0.3 is 0 Å². The maximum absolute atomic E-state index is 11.4. The molecule has 0 saturated carbocycles. The van der Waals surface area contributed by atoms with Crippen LogP contribution in [-0.2, 0) is 10.0 Å². The Hall–Kier alpha value is -0.940. The molecule has 0 aromatic carbocycles. The minimum absolute atomic E-state index is 0.564. The van der Waals surface area contributed by atoms with Crippen LogP contribution in [0.1, 0.15) is 17.7 Å². The van der Waals surface area contributed by atoms with Crippen LogP contribution in [0.3, 0.4) is 0 Å². The van der Waals surface area contributed by atoms with Gasteiger partial charge in [0.15, 0.2) is 0 Å². The Morgan fingerprint density at radius 2 is 2.23 bits per heavy atom. The van der Waals surface area contributed by atoms with E-state index in [1.54, 1.807) is 31.5 Å². The van der Waals surface area contributed by atoms with Gasteiger partial charge in [-0.1, -0.05) is 6.07 Å². The third kappa shape index (κ3) is 2.26. The van der Waals surface area contributed by atoms with Crippen LogP contribution in [0.2, 0.25) is 0 Å². The van der Waals surface area contributed by atoms with Crippen LogP contribution in [-0.4, -0.2) is 20.4 Å². The van der Waals surface area contributed by atoms with E-state index < -0.39 is 15.3 Å². The molecule has 0 radical (unpaired) electrons. The van der Waals surface area contributed by atoms with E-state index in [1.807, 2.05) is 0 Å². The molecule has 0 spiro atoms. The molecule has 0 saturated heterocycles. The third-order valence-electron chi connectivity index (χ3n) is 1.90. The van der Waals surface area contributed by atoms with Crippen LogP contribution in [0.5, 0.6) is 0 Å². The summed E-state index contributed by atoms with van der Waals surface area (Å²) in [5.41, 5.74) is 0.692. The molecule has 5 heteroatoms. The highest BCUT2D eigenvalue weighted by atomic mass is 32.2. The van der Waals surface area contributed by atoms with Crippen LogP contribution < -0.4 is 4.72 Å². The van der Waals surface area contributed by atoms with Gasteiger partial charge in [-0.15, -0.1) is 0 Å². The SMILES string of the molecule is CNS(=O)(=O)C(C)c1cccnc1. The monoisotopic (exact) mass is 200 g/mol. The highest BCUT2D eigenvalue weighted by Crippen LogP contribution is 2.18. The lowest BCUT2D eigenvalue weighted by Crippen LogP contribution is -2.24. The van der Waals surface area contributed by atoms with Crippen molar-refractivity contribution in [2.24, 2.45) is 0 Å². The van der Waals surface area contributed by atoms with Crippen LogP contribution in [0.4, 0.5) is 0 Å².